The zero-order valence-electron chi connectivity index (χ0n) is 16.1. The fourth-order valence-electron chi connectivity index (χ4n) is 4.05. The first kappa shape index (κ1) is 18.2. The van der Waals surface area contributed by atoms with Gasteiger partial charge in [-0.15, -0.1) is 0 Å². The number of nitrogens with zero attached hydrogens (tertiary/aromatic N) is 4. The van der Waals surface area contributed by atoms with Crippen molar-refractivity contribution >= 4 is 5.91 Å². The number of carbonyl (C=O) groups is 1. The molecule has 2 aliphatic heterocycles. The molecule has 6 nitrogen and oxygen atoms in total. The van der Waals surface area contributed by atoms with Crippen molar-refractivity contribution in [1.82, 2.24) is 19.9 Å². The van der Waals surface area contributed by atoms with Crippen LogP contribution in [0.4, 0.5) is 0 Å². The number of likely N-dealkylation sites (tertiary alicyclic amines) is 2. The van der Waals surface area contributed by atoms with Crippen LogP contribution in [0.2, 0.25) is 0 Å². The van der Waals surface area contributed by atoms with Crippen molar-refractivity contribution in [2.45, 2.75) is 45.6 Å². The number of aryl methyl sites for hydroxylation is 1. The highest BCUT2D eigenvalue weighted by Crippen LogP contribution is 2.23. The van der Waals surface area contributed by atoms with Crippen LogP contribution in [-0.2, 0) is 17.8 Å². The number of benzene rings is 1. The SMILES string of the molecule is CCc1ccc(-c2noc(CN3CCC(C(=O)N4CCCC4)CC3)n2)cc1. The van der Waals surface area contributed by atoms with Crippen LogP contribution >= 0.6 is 0 Å². The first-order valence-corrected chi connectivity index (χ1v) is 10.2. The van der Waals surface area contributed by atoms with Gasteiger partial charge in [0.1, 0.15) is 0 Å². The maximum Gasteiger partial charge on any atom is 0.241 e. The quantitative estimate of drug-likeness (QED) is 0.811. The van der Waals surface area contributed by atoms with E-state index in [1.165, 1.54) is 5.56 Å². The van der Waals surface area contributed by atoms with E-state index < -0.39 is 0 Å². The van der Waals surface area contributed by atoms with E-state index in [1.807, 2.05) is 12.1 Å². The summed E-state index contributed by atoms with van der Waals surface area (Å²) in [7, 11) is 0. The van der Waals surface area contributed by atoms with Gasteiger partial charge >= 0.3 is 0 Å². The van der Waals surface area contributed by atoms with Gasteiger partial charge in [-0.1, -0.05) is 36.3 Å². The average Bonchev–Trinajstić information content (AvgIpc) is 3.40. The van der Waals surface area contributed by atoms with Crippen LogP contribution in [-0.4, -0.2) is 52.0 Å². The lowest BCUT2D eigenvalue weighted by Gasteiger charge is -2.32. The van der Waals surface area contributed by atoms with E-state index in [0.29, 0.717) is 24.2 Å². The molecule has 3 heterocycles. The molecule has 2 aliphatic rings. The van der Waals surface area contributed by atoms with Crippen molar-refractivity contribution in [2.75, 3.05) is 26.2 Å². The van der Waals surface area contributed by atoms with Crippen molar-refractivity contribution in [1.29, 1.82) is 0 Å². The maximum absolute atomic E-state index is 12.5. The number of amides is 1. The fraction of sp³-hybridized carbons (Fsp3) is 0.571. The number of aromatic nitrogens is 2. The molecule has 0 radical (unpaired) electrons. The van der Waals surface area contributed by atoms with Crippen LogP contribution in [0.25, 0.3) is 11.4 Å². The molecule has 0 aliphatic carbocycles. The van der Waals surface area contributed by atoms with Crippen molar-refractivity contribution in [2.24, 2.45) is 5.92 Å². The lowest BCUT2D eigenvalue weighted by atomic mass is 9.95. The van der Waals surface area contributed by atoms with Crippen LogP contribution in [0, 0.1) is 5.92 Å². The zero-order chi connectivity index (χ0) is 18.6. The molecule has 1 aromatic carbocycles. The summed E-state index contributed by atoms with van der Waals surface area (Å²) in [6, 6.07) is 8.30. The van der Waals surface area contributed by atoms with Crippen molar-refractivity contribution in [3.05, 3.63) is 35.7 Å². The topological polar surface area (TPSA) is 62.5 Å². The Morgan fingerprint density at radius 3 is 2.48 bits per heavy atom. The molecule has 1 amide bonds. The van der Waals surface area contributed by atoms with Gasteiger partial charge in [0.25, 0.3) is 0 Å². The van der Waals surface area contributed by atoms with Crippen LogP contribution < -0.4 is 0 Å². The second-order valence-corrected chi connectivity index (χ2v) is 7.65. The number of hydrogen-bond donors (Lipinski definition) is 0. The van der Waals surface area contributed by atoms with Crippen LogP contribution in [0.3, 0.4) is 0 Å². The molecular formula is C21H28N4O2. The summed E-state index contributed by atoms with van der Waals surface area (Å²) in [6.45, 7) is 6.51. The third kappa shape index (κ3) is 4.21. The second-order valence-electron chi connectivity index (χ2n) is 7.65. The molecule has 0 atom stereocenters. The minimum Gasteiger partial charge on any atom is -0.342 e. The Labute approximate surface area is 160 Å². The van der Waals surface area contributed by atoms with E-state index in [1.54, 1.807) is 0 Å². The predicted octanol–water partition coefficient (Wildman–Crippen LogP) is 3.13. The van der Waals surface area contributed by atoms with Crippen molar-refractivity contribution < 1.29 is 9.32 Å². The number of carbonyl (C=O) groups excluding carboxylic acids is 1. The number of piperidine rings is 1. The summed E-state index contributed by atoms with van der Waals surface area (Å²) >= 11 is 0. The van der Waals surface area contributed by atoms with Gasteiger partial charge in [-0.2, -0.15) is 4.98 Å². The summed E-state index contributed by atoms with van der Waals surface area (Å²) in [5, 5.41) is 4.13. The Balaban J connectivity index is 1.30. The summed E-state index contributed by atoms with van der Waals surface area (Å²) in [5.41, 5.74) is 2.28. The molecule has 0 saturated carbocycles. The average molecular weight is 368 g/mol. The van der Waals surface area contributed by atoms with E-state index in [-0.39, 0.29) is 5.92 Å². The first-order valence-electron chi connectivity index (χ1n) is 10.2. The first-order chi connectivity index (χ1) is 13.2. The molecule has 4 rings (SSSR count). The highest BCUT2D eigenvalue weighted by molar-refractivity contribution is 5.79. The molecule has 0 spiro atoms. The van der Waals surface area contributed by atoms with Crippen LogP contribution in [0.1, 0.15) is 44.1 Å². The smallest absolute Gasteiger partial charge is 0.241 e. The van der Waals surface area contributed by atoms with E-state index in [2.05, 4.69) is 39.0 Å². The lowest BCUT2D eigenvalue weighted by molar-refractivity contribution is -0.136. The molecule has 144 valence electrons. The Morgan fingerprint density at radius 1 is 1.11 bits per heavy atom. The molecule has 1 aromatic heterocycles. The van der Waals surface area contributed by atoms with Crippen LogP contribution in [0.15, 0.2) is 28.8 Å². The highest BCUT2D eigenvalue weighted by atomic mass is 16.5. The van der Waals surface area contributed by atoms with Gasteiger partial charge in [-0.3, -0.25) is 9.69 Å². The third-order valence-corrected chi connectivity index (χ3v) is 5.80. The Bertz CT molecular complexity index is 757. The van der Waals surface area contributed by atoms with Crippen LogP contribution in [0.5, 0.6) is 0 Å². The minimum atomic E-state index is 0.190. The largest absolute Gasteiger partial charge is 0.342 e. The molecule has 0 N–H and O–H groups in total. The van der Waals surface area contributed by atoms with E-state index in [4.69, 9.17) is 4.52 Å². The van der Waals surface area contributed by atoms with Crippen molar-refractivity contribution in [3.8, 4) is 11.4 Å². The number of rotatable bonds is 5. The normalized spacial score (nSPS) is 18.9. The molecule has 6 heteroatoms. The second kappa shape index (κ2) is 8.21. The Morgan fingerprint density at radius 2 is 1.81 bits per heavy atom. The van der Waals surface area contributed by atoms with Gasteiger partial charge in [0, 0.05) is 24.6 Å². The summed E-state index contributed by atoms with van der Waals surface area (Å²) in [5.74, 6) is 1.85. The van der Waals surface area contributed by atoms with Gasteiger partial charge in [-0.05, 0) is 50.8 Å². The lowest BCUT2D eigenvalue weighted by Crippen LogP contribution is -2.41. The molecule has 2 aromatic rings. The van der Waals surface area contributed by atoms with Gasteiger partial charge in [0.15, 0.2) is 0 Å². The standard InChI is InChI=1S/C21H28N4O2/c1-2-16-5-7-17(8-6-16)20-22-19(27-23-20)15-24-13-9-18(10-14-24)21(26)25-11-3-4-12-25/h5-8,18H,2-4,9-15H2,1H3. The molecule has 27 heavy (non-hydrogen) atoms. The summed E-state index contributed by atoms with van der Waals surface area (Å²) < 4.78 is 5.46. The van der Waals surface area contributed by atoms with E-state index in [9.17, 15) is 4.79 Å². The van der Waals surface area contributed by atoms with Gasteiger partial charge in [0.05, 0.1) is 6.54 Å². The number of hydrogen-bond acceptors (Lipinski definition) is 5. The Kier molecular flexibility index (Phi) is 5.53. The zero-order valence-corrected chi connectivity index (χ0v) is 16.1. The minimum absolute atomic E-state index is 0.190. The molecule has 0 bridgehead atoms. The summed E-state index contributed by atoms with van der Waals surface area (Å²) in [4.78, 5) is 21.5. The van der Waals surface area contributed by atoms with Gasteiger partial charge in [-0.25, -0.2) is 0 Å². The van der Waals surface area contributed by atoms with Gasteiger partial charge in [0.2, 0.25) is 17.6 Å². The molecule has 2 fully saturated rings. The maximum atomic E-state index is 12.5. The highest BCUT2D eigenvalue weighted by Gasteiger charge is 2.30. The van der Waals surface area contributed by atoms with E-state index >= 15 is 0 Å². The molecule has 0 unspecified atom stereocenters. The third-order valence-electron chi connectivity index (χ3n) is 5.80. The monoisotopic (exact) mass is 368 g/mol. The summed E-state index contributed by atoms with van der Waals surface area (Å²) in [6.07, 6.45) is 5.19. The fourth-order valence-corrected chi connectivity index (χ4v) is 4.05. The van der Waals surface area contributed by atoms with Gasteiger partial charge < -0.3 is 9.42 Å². The Hall–Kier alpha value is -2.21. The predicted molar refractivity (Wildman–Crippen MR) is 103 cm³/mol. The molecule has 2 saturated heterocycles. The van der Waals surface area contributed by atoms with Crippen molar-refractivity contribution in [3.63, 3.8) is 0 Å². The molecular weight excluding hydrogens is 340 g/mol. The van der Waals surface area contributed by atoms with E-state index in [0.717, 1.165) is 63.8 Å².